The van der Waals surface area contributed by atoms with E-state index < -0.39 is 5.97 Å². The minimum absolute atomic E-state index is 0.118. The van der Waals surface area contributed by atoms with E-state index in [-0.39, 0.29) is 11.4 Å². The Balaban J connectivity index is 4.51. The van der Waals surface area contributed by atoms with E-state index in [1.807, 2.05) is 13.8 Å². The Kier molecular flexibility index (Phi) is 6.72. The van der Waals surface area contributed by atoms with Gasteiger partial charge in [0.1, 0.15) is 0 Å². The summed E-state index contributed by atoms with van der Waals surface area (Å²) in [6, 6.07) is 0. The van der Waals surface area contributed by atoms with Crippen LogP contribution in [-0.4, -0.2) is 18.4 Å². The molecule has 0 aromatic carbocycles. The van der Waals surface area contributed by atoms with Crippen LogP contribution in [0, 0.1) is 0 Å². The highest BCUT2D eigenvalue weighted by atomic mass is 16.5. The number of esters is 1. The van der Waals surface area contributed by atoms with E-state index in [1.165, 1.54) is 0 Å². The van der Waals surface area contributed by atoms with Crippen molar-refractivity contribution in [2.24, 2.45) is 0 Å². The van der Waals surface area contributed by atoms with E-state index in [2.05, 4.69) is 0 Å². The molecule has 0 aliphatic rings. The number of carbonyl (C=O) groups excluding carboxylic acids is 2. The summed E-state index contributed by atoms with van der Waals surface area (Å²) in [5, 5.41) is 0. The molecule has 0 atom stereocenters. The normalized spacial score (nSPS) is 11.2. The molecule has 0 aromatic heterocycles. The van der Waals surface area contributed by atoms with Crippen LogP contribution in [0.5, 0.6) is 0 Å². The maximum Gasteiger partial charge on any atom is 0.341 e. The summed E-state index contributed by atoms with van der Waals surface area (Å²) >= 11 is 0. The van der Waals surface area contributed by atoms with Crippen molar-refractivity contribution in [2.45, 2.75) is 40.0 Å². The molecule has 3 nitrogen and oxygen atoms in total. The number of ketones is 1. The molecular weight excluding hydrogens is 180 g/mol. The molecule has 0 saturated carbocycles. The van der Waals surface area contributed by atoms with Gasteiger partial charge in [-0.1, -0.05) is 19.9 Å². The lowest BCUT2D eigenvalue weighted by Crippen LogP contribution is -2.15. The zero-order chi connectivity index (χ0) is 11.0. The fraction of sp³-hybridized carbons (Fsp3) is 0.636. The van der Waals surface area contributed by atoms with Crippen molar-refractivity contribution in [3.8, 4) is 0 Å². The molecule has 80 valence electrons. The smallest absolute Gasteiger partial charge is 0.341 e. The van der Waals surface area contributed by atoms with Crippen molar-refractivity contribution in [1.82, 2.24) is 0 Å². The molecule has 0 amide bonds. The highest BCUT2D eigenvalue weighted by molar-refractivity contribution is 6.17. The topological polar surface area (TPSA) is 43.4 Å². The predicted octanol–water partition coefficient (Wildman–Crippen LogP) is 2.26. The molecule has 0 aliphatic carbocycles. The lowest BCUT2D eigenvalue weighted by atomic mass is 10.1. The summed E-state index contributed by atoms with van der Waals surface area (Å²) in [6.07, 6.45) is 3.46. The third kappa shape index (κ3) is 4.21. The molecule has 0 unspecified atom stereocenters. The largest absolute Gasteiger partial charge is 0.462 e. The van der Waals surface area contributed by atoms with Crippen LogP contribution in [0.2, 0.25) is 0 Å². The Hall–Kier alpha value is -1.12. The molecule has 0 aliphatic heterocycles. The third-order valence-electron chi connectivity index (χ3n) is 1.68. The first kappa shape index (κ1) is 12.9. The first-order valence-electron chi connectivity index (χ1n) is 5.07. The molecule has 0 radical (unpaired) electrons. The number of hydrogen-bond acceptors (Lipinski definition) is 3. The number of carbonyl (C=O) groups is 2. The molecule has 0 fully saturated rings. The first-order valence-corrected chi connectivity index (χ1v) is 5.07. The van der Waals surface area contributed by atoms with Gasteiger partial charge in [0.15, 0.2) is 5.78 Å². The molecular formula is C11H18O3. The zero-order valence-electron chi connectivity index (χ0n) is 9.13. The lowest BCUT2D eigenvalue weighted by Gasteiger charge is -2.04. The fourth-order valence-corrected chi connectivity index (χ4v) is 1.09. The van der Waals surface area contributed by atoms with Crippen LogP contribution in [0.4, 0.5) is 0 Å². The average molecular weight is 198 g/mol. The van der Waals surface area contributed by atoms with Gasteiger partial charge in [-0.3, -0.25) is 4.79 Å². The van der Waals surface area contributed by atoms with E-state index in [0.29, 0.717) is 19.4 Å². The Morgan fingerprint density at radius 3 is 2.29 bits per heavy atom. The van der Waals surface area contributed by atoms with Gasteiger partial charge in [0.25, 0.3) is 0 Å². The predicted molar refractivity (Wildman–Crippen MR) is 54.9 cm³/mol. The Morgan fingerprint density at radius 1 is 1.21 bits per heavy atom. The van der Waals surface area contributed by atoms with E-state index in [1.54, 1.807) is 13.0 Å². The van der Waals surface area contributed by atoms with Gasteiger partial charge < -0.3 is 4.74 Å². The van der Waals surface area contributed by atoms with Gasteiger partial charge >= 0.3 is 5.97 Å². The number of Topliss-reactive ketones (excluding diaryl/α,β-unsaturated/α-hetero) is 1. The van der Waals surface area contributed by atoms with Crippen molar-refractivity contribution in [1.29, 1.82) is 0 Å². The number of rotatable bonds is 6. The second kappa shape index (κ2) is 7.30. The van der Waals surface area contributed by atoms with Crippen molar-refractivity contribution in [2.75, 3.05) is 6.61 Å². The summed E-state index contributed by atoms with van der Waals surface area (Å²) < 4.78 is 4.80. The third-order valence-corrected chi connectivity index (χ3v) is 1.68. The number of hydrogen-bond donors (Lipinski definition) is 0. The quantitative estimate of drug-likeness (QED) is 0.284. The summed E-state index contributed by atoms with van der Waals surface area (Å²) in [5.41, 5.74) is 0.205. The van der Waals surface area contributed by atoms with Crippen LogP contribution in [0.3, 0.4) is 0 Å². The number of ether oxygens (including phenoxy) is 1. The minimum atomic E-state index is -0.493. The van der Waals surface area contributed by atoms with E-state index in [0.717, 1.165) is 6.42 Å². The fourth-order valence-electron chi connectivity index (χ4n) is 1.09. The molecule has 3 heteroatoms. The standard InChI is InChI=1S/C11H18O3/c1-4-7-9(10(12)8-5-2)11(13)14-6-3/h7H,4-6,8H2,1-3H3. The van der Waals surface area contributed by atoms with Crippen LogP contribution in [0.1, 0.15) is 40.0 Å². The highest BCUT2D eigenvalue weighted by Gasteiger charge is 2.17. The maximum atomic E-state index is 11.5. The maximum absolute atomic E-state index is 11.5. The van der Waals surface area contributed by atoms with Gasteiger partial charge in [-0.25, -0.2) is 4.79 Å². The molecule has 0 spiro atoms. The van der Waals surface area contributed by atoms with Gasteiger partial charge in [-0.05, 0) is 19.8 Å². The summed E-state index contributed by atoms with van der Waals surface area (Å²) in [5.74, 6) is -0.611. The SMILES string of the molecule is CCC=C(C(=O)CCC)C(=O)OCC. The Morgan fingerprint density at radius 2 is 1.86 bits per heavy atom. The zero-order valence-corrected chi connectivity index (χ0v) is 9.13. The number of allylic oxidation sites excluding steroid dienone is 1. The van der Waals surface area contributed by atoms with Crippen LogP contribution < -0.4 is 0 Å². The minimum Gasteiger partial charge on any atom is -0.462 e. The Bertz CT molecular complexity index is 209. The van der Waals surface area contributed by atoms with Gasteiger partial charge in [0.05, 0.1) is 12.2 Å². The molecule has 0 heterocycles. The van der Waals surface area contributed by atoms with Crippen molar-refractivity contribution < 1.29 is 14.3 Å². The molecule has 0 N–H and O–H groups in total. The lowest BCUT2D eigenvalue weighted by molar-refractivity contribution is -0.140. The molecule has 14 heavy (non-hydrogen) atoms. The first-order chi connectivity index (χ1) is 6.67. The summed E-state index contributed by atoms with van der Waals surface area (Å²) in [4.78, 5) is 22.8. The van der Waals surface area contributed by atoms with Gasteiger partial charge in [0.2, 0.25) is 0 Å². The van der Waals surface area contributed by atoms with Crippen molar-refractivity contribution in [3.05, 3.63) is 11.6 Å². The monoisotopic (exact) mass is 198 g/mol. The van der Waals surface area contributed by atoms with E-state index in [9.17, 15) is 9.59 Å². The van der Waals surface area contributed by atoms with Crippen LogP contribution in [-0.2, 0) is 14.3 Å². The van der Waals surface area contributed by atoms with Crippen LogP contribution >= 0.6 is 0 Å². The second-order valence-electron chi connectivity index (χ2n) is 2.92. The van der Waals surface area contributed by atoms with Gasteiger partial charge in [0, 0.05) is 6.42 Å². The Labute approximate surface area is 85.1 Å². The van der Waals surface area contributed by atoms with Gasteiger partial charge in [-0.15, -0.1) is 0 Å². The van der Waals surface area contributed by atoms with Crippen LogP contribution in [0.25, 0.3) is 0 Å². The van der Waals surface area contributed by atoms with E-state index in [4.69, 9.17) is 4.74 Å². The highest BCUT2D eigenvalue weighted by Crippen LogP contribution is 2.06. The molecule has 0 aromatic rings. The molecule has 0 bridgehead atoms. The molecule has 0 saturated heterocycles. The van der Waals surface area contributed by atoms with Gasteiger partial charge in [-0.2, -0.15) is 0 Å². The average Bonchev–Trinajstić information content (AvgIpc) is 2.14. The van der Waals surface area contributed by atoms with Crippen molar-refractivity contribution in [3.63, 3.8) is 0 Å². The van der Waals surface area contributed by atoms with Crippen molar-refractivity contribution >= 4 is 11.8 Å². The van der Waals surface area contributed by atoms with E-state index >= 15 is 0 Å². The summed E-state index contributed by atoms with van der Waals surface area (Å²) in [7, 11) is 0. The molecule has 0 rings (SSSR count). The second-order valence-corrected chi connectivity index (χ2v) is 2.92. The summed E-state index contributed by atoms with van der Waals surface area (Å²) in [6.45, 7) is 5.83. The van der Waals surface area contributed by atoms with Crippen LogP contribution in [0.15, 0.2) is 11.6 Å².